The third kappa shape index (κ3) is 6.02. The number of amides is 1. The Kier molecular flexibility index (Phi) is 9.19. The number of anilines is 1. The molecule has 0 heterocycles. The van der Waals surface area contributed by atoms with Crippen LogP contribution < -0.4 is 9.62 Å². The van der Waals surface area contributed by atoms with Crippen LogP contribution in [0.15, 0.2) is 89.8 Å². The van der Waals surface area contributed by atoms with Crippen molar-refractivity contribution in [3.8, 4) is 0 Å². The number of hydrogen-bond donors (Lipinski definition) is 3. The summed E-state index contributed by atoms with van der Waals surface area (Å²) >= 11 is 12.3. The van der Waals surface area contributed by atoms with Crippen LogP contribution in [0, 0.1) is 0 Å². The predicted molar refractivity (Wildman–Crippen MR) is 163 cm³/mol. The fraction of sp³-hybridized carbons (Fsp3) is 0.207. The number of carbonyl (C=O) groups excluding carboxylic acids is 1. The van der Waals surface area contributed by atoms with E-state index in [-0.39, 0.29) is 45.6 Å². The number of carbonyl (C=O) groups is 1. The van der Waals surface area contributed by atoms with Crippen molar-refractivity contribution in [3.05, 3.63) is 106 Å². The Morgan fingerprint density at radius 1 is 0.902 bits per heavy atom. The van der Waals surface area contributed by atoms with Gasteiger partial charge < -0.3 is 15.1 Å². The highest BCUT2D eigenvalue weighted by Crippen LogP contribution is 2.60. The van der Waals surface area contributed by atoms with Gasteiger partial charge in [0.15, 0.2) is 5.28 Å². The van der Waals surface area contributed by atoms with Crippen molar-refractivity contribution in [1.29, 1.82) is 0 Å². The molecule has 0 aromatic heterocycles. The zero-order valence-corrected chi connectivity index (χ0v) is 25.5. The molecule has 0 aliphatic carbocycles. The van der Waals surface area contributed by atoms with E-state index < -0.39 is 28.8 Å². The minimum absolute atomic E-state index is 0.0181. The van der Waals surface area contributed by atoms with Gasteiger partial charge in [-0.1, -0.05) is 97.7 Å². The lowest BCUT2D eigenvalue weighted by Gasteiger charge is -2.44. The average molecular weight is 636 g/mol. The minimum atomic E-state index is -5.21. The summed E-state index contributed by atoms with van der Waals surface area (Å²) in [7, 11) is -10.00. The van der Waals surface area contributed by atoms with Crippen LogP contribution in [-0.4, -0.2) is 29.4 Å². The van der Waals surface area contributed by atoms with Gasteiger partial charge in [0, 0.05) is 22.0 Å². The summed E-state index contributed by atoms with van der Waals surface area (Å²) in [5.74, 6) is -0.620. The molecule has 0 aliphatic rings. The van der Waals surface area contributed by atoms with Gasteiger partial charge in [0.1, 0.15) is 0 Å². The van der Waals surface area contributed by atoms with Crippen LogP contribution >= 0.6 is 30.8 Å². The van der Waals surface area contributed by atoms with Crippen molar-refractivity contribution < 1.29 is 27.6 Å². The molecular weight excluding hydrogens is 606 g/mol. The third-order valence-corrected chi connectivity index (χ3v) is 11.4. The van der Waals surface area contributed by atoms with Crippen LogP contribution in [0.5, 0.6) is 0 Å². The highest BCUT2D eigenvalue weighted by Gasteiger charge is 2.55. The quantitative estimate of drug-likeness (QED) is 0.162. The molecular formula is C29H29Cl2N2O6PS. The number of halogens is 2. The summed E-state index contributed by atoms with van der Waals surface area (Å²) in [6.07, 6.45) is -0.537. The summed E-state index contributed by atoms with van der Waals surface area (Å²) in [4.78, 5) is 34.9. The summed E-state index contributed by atoms with van der Waals surface area (Å²) < 4.78 is 43.2. The number of nitrogens with zero attached hydrogens (tertiary/aromatic N) is 1. The van der Waals surface area contributed by atoms with E-state index in [0.29, 0.717) is 10.8 Å². The monoisotopic (exact) mass is 634 g/mol. The molecule has 4 aromatic carbocycles. The molecule has 0 saturated carbocycles. The van der Waals surface area contributed by atoms with Crippen molar-refractivity contribution in [2.45, 2.75) is 43.4 Å². The molecule has 8 nitrogen and oxygen atoms in total. The molecule has 216 valence electrons. The van der Waals surface area contributed by atoms with E-state index in [4.69, 9.17) is 23.2 Å². The maximum atomic E-state index is 14.6. The average Bonchev–Trinajstić information content (AvgIpc) is 2.93. The standard InChI is InChI=1S/C29H29Cl2N2O6PS/c1-3-29(4-2,40(35,36)37)33(41(38,39)24-17-22(30)16-23(31)18-24)27-25-13-9-8-12-21(25)14-15-26(27)28(34)32-19-20-10-6-5-7-11-20/h5-18H,3-4,19H2,1-2H3,(H,32,34)(H2,35,36,37). The second-order valence-electron chi connectivity index (χ2n) is 9.46. The largest absolute Gasteiger partial charge is 0.351 e. The maximum Gasteiger partial charge on any atom is 0.351 e. The lowest BCUT2D eigenvalue weighted by molar-refractivity contribution is 0.0951. The fourth-order valence-electron chi connectivity index (χ4n) is 4.93. The van der Waals surface area contributed by atoms with E-state index in [0.717, 1.165) is 22.0 Å². The van der Waals surface area contributed by atoms with Gasteiger partial charge in [-0.05, 0) is 48.1 Å². The Hall–Kier alpha value is -2.91. The number of sulfonamides is 1. The minimum Gasteiger partial charge on any atom is -0.348 e. The Balaban J connectivity index is 2.07. The Labute approximate surface area is 249 Å². The number of hydrogen-bond acceptors (Lipinski definition) is 4. The van der Waals surface area contributed by atoms with E-state index in [1.54, 1.807) is 30.3 Å². The Morgan fingerprint density at radius 2 is 1.49 bits per heavy atom. The summed E-state index contributed by atoms with van der Waals surface area (Å²) in [6, 6.07) is 22.7. The van der Waals surface area contributed by atoms with Crippen LogP contribution in [0.4, 0.5) is 5.69 Å². The molecule has 1 amide bonds. The molecule has 0 atom stereocenters. The Bertz CT molecular complexity index is 1720. The number of rotatable bonds is 10. The third-order valence-electron chi connectivity index (χ3n) is 7.07. The van der Waals surface area contributed by atoms with Crippen molar-refractivity contribution >= 4 is 63.2 Å². The topological polar surface area (TPSA) is 124 Å². The van der Waals surface area contributed by atoms with Crippen molar-refractivity contribution in [1.82, 2.24) is 5.32 Å². The summed E-state index contributed by atoms with van der Waals surface area (Å²) in [5.41, 5.74) is 0.584. The Morgan fingerprint density at radius 3 is 2.07 bits per heavy atom. The molecule has 3 N–H and O–H groups in total. The van der Waals surface area contributed by atoms with Crippen molar-refractivity contribution in [2.75, 3.05) is 4.31 Å². The van der Waals surface area contributed by atoms with Gasteiger partial charge >= 0.3 is 7.60 Å². The normalized spacial score (nSPS) is 12.3. The van der Waals surface area contributed by atoms with Crippen molar-refractivity contribution in [2.24, 2.45) is 0 Å². The zero-order chi connectivity index (χ0) is 30.0. The number of nitrogens with one attached hydrogen (secondary N) is 1. The second kappa shape index (κ2) is 12.1. The summed E-state index contributed by atoms with van der Waals surface area (Å²) in [5, 5.41) is 1.48. The molecule has 0 radical (unpaired) electrons. The maximum absolute atomic E-state index is 14.6. The molecule has 0 spiro atoms. The zero-order valence-electron chi connectivity index (χ0n) is 22.3. The van der Waals surface area contributed by atoms with Gasteiger partial charge in [-0.15, -0.1) is 0 Å². The molecule has 0 saturated heterocycles. The van der Waals surface area contributed by atoms with Gasteiger partial charge in [0.05, 0.1) is 16.1 Å². The highest BCUT2D eigenvalue weighted by atomic mass is 35.5. The first-order valence-electron chi connectivity index (χ1n) is 12.8. The lowest BCUT2D eigenvalue weighted by atomic mass is 10.0. The molecule has 0 bridgehead atoms. The molecule has 0 fully saturated rings. The van der Waals surface area contributed by atoms with E-state index >= 15 is 0 Å². The molecule has 41 heavy (non-hydrogen) atoms. The highest BCUT2D eigenvalue weighted by molar-refractivity contribution is 7.93. The number of fused-ring (bicyclic) bond motifs is 1. The molecule has 4 rings (SSSR count). The predicted octanol–water partition coefficient (Wildman–Crippen LogP) is 6.97. The van der Waals surface area contributed by atoms with Crippen LogP contribution in [0.1, 0.15) is 42.6 Å². The smallest absolute Gasteiger partial charge is 0.348 e. The van der Waals surface area contributed by atoms with E-state index in [1.807, 2.05) is 30.3 Å². The molecule has 4 aromatic rings. The first-order chi connectivity index (χ1) is 19.4. The fourth-order valence-corrected chi connectivity index (χ4v) is 9.30. The first-order valence-corrected chi connectivity index (χ1v) is 16.6. The van der Waals surface area contributed by atoms with E-state index in [9.17, 15) is 27.6 Å². The van der Waals surface area contributed by atoms with Gasteiger partial charge in [-0.25, -0.2) is 12.7 Å². The molecule has 0 aliphatic heterocycles. The van der Waals surface area contributed by atoms with Crippen LogP contribution in [-0.2, 0) is 21.1 Å². The molecule has 12 heteroatoms. The van der Waals surface area contributed by atoms with Crippen LogP contribution in [0.2, 0.25) is 10.0 Å². The van der Waals surface area contributed by atoms with E-state index in [2.05, 4.69) is 5.32 Å². The van der Waals surface area contributed by atoms with Crippen LogP contribution in [0.25, 0.3) is 10.8 Å². The van der Waals surface area contributed by atoms with Crippen molar-refractivity contribution in [3.63, 3.8) is 0 Å². The second-order valence-corrected chi connectivity index (χ2v) is 14.0. The van der Waals surface area contributed by atoms with Gasteiger partial charge in [-0.3, -0.25) is 9.36 Å². The molecule has 0 unspecified atom stereocenters. The number of benzene rings is 4. The van der Waals surface area contributed by atoms with Gasteiger partial charge in [0.25, 0.3) is 15.9 Å². The van der Waals surface area contributed by atoms with E-state index in [1.165, 1.54) is 26.0 Å². The van der Waals surface area contributed by atoms with Gasteiger partial charge in [0.2, 0.25) is 0 Å². The van der Waals surface area contributed by atoms with Gasteiger partial charge in [-0.2, -0.15) is 0 Å². The lowest BCUT2D eigenvalue weighted by Crippen LogP contribution is -2.52. The SMILES string of the molecule is CCC(CC)(N(c1c(C(=O)NCc2ccccc2)ccc2ccccc12)S(=O)(=O)c1cc(Cl)cc(Cl)c1)P(=O)(O)O. The first kappa shape index (κ1) is 31.0. The van der Waals surface area contributed by atoms with Crippen LogP contribution in [0.3, 0.4) is 0 Å². The summed E-state index contributed by atoms with van der Waals surface area (Å²) in [6.45, 7) is 3.14.